The number of benzene rings is 6. The maximum atomic E-state index is 6.69. The molecule has 2 atom stereocenters. The van der Waals surface area contributed by atoms with Crippen LogP contribution in [0.4, 0.5) is 0 Å². The monoisotopic (exact) mass is 653 g/mol. The van der Waals surface area contributed by atoms with Crippen LogP contribution in [0.25, 0.3) is 83.6 Å². The predicted octanol–water partition coefficient (Wildman–Crippen LogP) is 11.9. The lowest BCUT2D eigenvalue weighted by Gasteiger charge is -2.23. The maximum absolute atomic E-state index is 6.69. The van der Waals surface area contributed by atoms with E-state index in [4.69, 9.17) is 19.4 Å². The average Bonchev–Trinajstić information content (AvgIpc) is 3.60. The van der Waals surface area contributed by atoms with Gasteiger partial charge >= 0.3 is 0 Å². The molecule has 240 valence electrons. The molecular weight excluding hydrogens is 623 g/mol. The van der Waals surface area contributed by atoms with Crippen LogP contribution < -0.4 is 0 Å². The van der Waals surface area contributed by atoms with Gasteiger partial charge in [0.05, 0.1) is 0 Å². The van der Waals surface area contributed by atoms with Crippen molar-refractivity contribution in [2.24, 2.45) is 11.8 Å². The van der Waals surface area contributed by atoms with E-state index in [0.717, 1.165) is 49.8 Å². The fourth-order valence-electron chi connectivity index (χ4n) is 7.53. The standard InChI is InChI=1S/C47H31N3O/c1-2-13-33(14-3-1)45-48-46(34-26-23-31(24-27-34)36-28-25-30-11-4-5-15-35(30)29-36)50-47(49-45)41-21-10-22-42-43(41)40-20-9-19-39(44(40)51-42)38-18-8-16-32-12-6-7-17-37(32)38/h1-30,35H. The number of allylic oxidation sites excluding steroid dienone is 8. The van der Waals surface area contributed by atoms with Crippen LogP contribution in [0.15, 0.2) is 180 Å². The average molecular weight is 654 g/mol. The summed E-state index contributed by atoms with van der Waals surface area (Å²) in [6.07, 6.45) is 15.7. The zero-order valence-electron chi connectivity index (χ0n) is 27.6. The Labute approximate surface area is 295 Å². The van der Waals surface area contributed by atoms with Gasteiger partial charge in [0.1, 0.15) is 11.2 Å². The van der Waals surface area contributed by atoms with E-state index < -0.39 is 0 Å². The summed E-state index contributed by atoms with van der Waals surface area (Å²) in [4.78, 5) is 15.3. The Hall–Kier alpha value is -6.65. The van der Waals surface area contributed by atoms with Crippen molar-refractivity contribution < 1.29 is 4.42 Å². The summed E-state index contributed by atoms with van der Waals surface area (Å²) in [7, 11) is 0. The summed E-state index contributed by atoms with van der Waals surface area (Å²) in [6, 6.07) is 46.1. The topological polar surface area (TPSA) is 51.8 Å². The first-order chi connectivity index (χ1) is 25.3. The van der Waals surface area contributed by atoms with E-state index in [9.17, 15) is 0 Å². The molecule has 0 bridgehead atoms. The van der Waals surface area contributed by atoms with E-state index in [-0.39, 0.29) is 0 Å². The van der Waals surface area contributed by atoms with Gasteiger partial charge in [-0.3, -0.25) is 0 Å². The zero-order valence-corrected chi connectivity index (χ0v) is 27.6. The third kappa shape index (κ3) is 5.12. The molecule has 8 aromatic rings. The third-order valence-corrected chi connectivity index (χ3v) is 10.1. The second-order valence-electron chi connectivity index (χ2n) is 13.1. The van der Waals surface area contributed by atoms with E-state index in [1.807, 2.05) is 42.5 Å². The molecule has 10 rings (SSSR count). The quantitative estimate of drug-likeness (QED) is 0.185. The van der Waals surface area contributed by atoms with Gasteiger partial charge < -0.3 is 4.42 Å². The number of para-hydroxylation sites is 1. The van der Waals surface area contributed by atoms with Gasteiger partial charge in [0.15, 0.2) is 17.5 Å². The Morgan fingerprint density at radius 2 is 1.08 bits per heavy atom. The summed E-state index contributed by atoms with van der Waals surface area (Å²) in [5.41, 5.74) is 9.01. The van der Waals surface area contributed by atoms with Crippen molar-refractivity contribution in [2.45, 2.75) is 0 Å². The van der Waals surface area contributed by atoms with Crippen molar-refractivity contribution in [3.63, 3.8) is 0 Å². The zero-order chi connectivity index (χ0) is 33.7. The first-order valence-electron chi connectivity index (χ1n) is 17.4. The number of hydrogen-bond donors (Lipinski definition) is 0. The van der Waals surface area contributed by atoms with Gasteiger partial charge in [-0.15, -0.1) is 0 Å². The number of furan rings is 1. The Morgan fingerprint density at radius 3 is 1.94 bits per heavy atom. The van der Waals surface area contributed by atoms with Crippen LogP contribution in [0.1, 0.15) is 5.56 Å². The van der Waals surface area contributed by atoms with Crippen LogP contribution >= 0.6 is 0 Å². The predicted molar refractivity (Wildman–Crippen MR) is 209 cm³/mol. The Bertz CT molecular complexity index is 2740. The summed E-state index contributed by atoms with van der Waals surface area (Å²) >= 11 is 0. The van der Waals surface area contributed by atoms with Gasteiger partial charge in [0, 0.05) is 44.9 Å². The smallest absolute Gasteiger partial charge is 0.164 e. The number of hydrogen-bond acceptors (Lipinski definition) is 4. The van der Waals surface area contributed by atoms with Gasteiger partial charge in [-0.25, -0.2) is 15.0 Å². The maximum Gasteiger partial charge on any atom is 0.164 e. The lowest BCUT2D eigenvalue weighted by molar-refractivity contribution is 0.663. The van der Waals surface area contributed by atoms with E-state index in [0.29, 0.717) is 29.3 Å². The normalized spacial score (nSPS) is 16.5. The number of nitrogens with zero attached hydrogens (tertiary/aromatic N) is 3. The summed E-state index contributed by atoms with van der Waals surface area (Å²) < 4.78 is 6.69. The SMILES string of the molecule is C1=CC2C=CC(c3ccc(-c4nc(-c5ccccc5)nc(-c5cccc6oc7c(-c8cccc9ccccc89)cccc7c56)n4)cc3)=CC2C=C1. The van der Waals surface area contributed by atoms with Crippen molar-refractivity contribution in [2.75, 3.05) is 0 Å². The third-order valence-electron chi connectivity index (χ3n) is 10.1. The molecule has 2 aliphatic carbocycles. The van der Waals surface area contributed by atoms with Crippen LogP contribution in [-0.4, -0.2) is 15.0 Å². The molecule has 0 N–H and O–H groups in total. The number of fused-ring (bicyclic) bond motifs is 5. The first kappa shape index (κ1) is 29.3. The molecule has 0 amide bonds. The Kier molecular flexibility index (Phi) is 6.91. The molecular formula is C47H31N3O. The second kappa shape index (κ2) is 12.0. The van der Waals surface area contributed by atoms with Crippen molar-refractivity contribution >= 4 is 38.3 Å². The first-order valence-corrected chi connectivity index (χ1v) is 17.4. The van der Waals surface area contributed by atoms with Crippen molar-refractivity contribution in [3.8, 4) is 45.3 Å². The van der Waals surface area contributed by atoms with E-state index in [1.165, 1.54) is 21.9 Å². The molecule has 6 aromatic carbocycles. The molecule has 0 saturated heterocycles. The largest absolute Gasteiger partial charge is 0.455 e. The highest BCUT2D eigenvalue weighted by molar-refractivity contribution is 6.16. The Morgan fingerprint density at radius 1 is 0.451 bits per heavy atom. The molecule has 4 nitrogen and oxygen atoms in total. The van der Waals surface area contributed by atoms with Crippen LogP contribution in [0.2, 0.25) is 0 Å². The van der Waals surface area contributed by atoms with Crippen LogP contribution in [-0.2, 0) is 0 Å². The second-order valence-corrected chi connectivity index (χ2v) is 13.1. The van der Waals surface area contributed by atoms with Gasteiger partial charge in [-0.05, 0) is 33.5 Å². The van der Waals surface area contributed by atoms with Gasteiger partial charge in [0.25, 0.3) is 0 Å². The molecule has 2 aromatic heterocycles. The molecule has 2 unspecified atom stereocenters. The fourth-order valence-corrected chi connectivity index (χ4v) is 7.53. The number of rotatable bonds is 5. The van der Waals surface area contributed by atoms with Crippen molar-refractivity contribution in [3.05, 3.63) is 182 Å². The van der Waals surface area contributed by atoms with Crippen molar-refractivity contribution in [1.82, 2.24) is 15.0 Å². The molecule has 51 heavy (non-hydrogen) atoms. The van der Waals surface area contributed by atoms with Crippen LogP contribution in [0.5, 0.6) is 0 Å². The molecule has 2 heterocycles. The summed E-state index contributed by atoms with van der Waals surface area (Å²) in [5.74, 6) is 2.67. The minimum atomic E-state index is 0.388. The minimum absolute atomic E-state index is 0.388. The molecule has 4 heteroatoms. The van der Waals surface area contributed by atoms with Gasteiger partial charge in [0.2, 0.25) is 0 Å². The lowest BCUT2D eigenvalue weighted by atomic mass is 9.81. The summed E-state index contributed by atoms with van der Waals surface area (Å²) in [5, 5.41) is 4.40. The van der Waals surface area contributed by atoms with E-state index in [2.05, 4.69) is 134 Å². The molecule has 2 aliphatic rings. The highest BCUT2D eigenvalue weighted by Crippen LogP contribution is 2.42. The van der Waals surface area contributed by atoms with Crippen LogP contribution in [0.3, 0.4) is 0 Å². The van der Waals surface area contributed by atoms with Gasteiger partial charge in [-0.1, -0.05) is 170 Å². The number of aromatic nitrogens is 3. The van der Waals surface area contributed by atoms with Crippen LogP contribution in [0, 0.1) is 11.8 Å². The molecule has 0 aliphatic heterocycles. The fraction of sp³-hybridized carbons (Fsp3) is 0.0426. The molecule has 0 saturated carbocycles. The summed E-state index contributed by atoms with van der Waals surface area (Å²) in [6.45, 7) is 0. The van der Waals surface area contributed by atoms with Gasteiger partial charge in [-0.2, -0.15) is 0 Å². The molecule has 0 radical (unpaired) electrons. The molecule has 0 fully saturated rings. The lowest BCUT2D eigenvalue weighted by Crippen LogP contribution is -2.11. The highest BCUT2D eigenvalue weighted by atomic mass is 16.3. The molecule has 0 spiro atoms. The van der Waals surface area contributed by atoms with E-state index in [1.54, 1.807) is 0 Å². The van der Waals surface area contributed by atoms with E-state index >= 15 is 0 Å². The highest BCUT2D eigenvalue weighted by Gasteiger charge is 2.21. The Balaban J connectivity index is 1.11. The minimum Gasteiger partial charge on any atom is -0.455 e. The van der Waals surface area contributed by atoms with Crippen molar-refractivity contribution in [1.29, 1.82) is 0 Å².